The van der Waals surface area contributed by atoms with Crippen LogP contribution in [0.1, 0.15) is 11.3 Å². The first-order valence-electron chi connectivity index (χ1n) is 11.4. The lowest BCUT2D eigenvalue weighted by atomic mass is 10.1. The van der Waals surface area contributed by atoms with Gasteiger partial charge in [-0.3, -0.25) is 19.6 Å². The standard InChI is InChI=1S/C26H26N6O/c1-30-10-12-31(13-11-30)17-18-2-4-19(5-3-18)24-16-28-23-15-25(33)32(26(23)29-24)21-6-7-22-20(14-21)8-9-27-22/h2-9,14,16,27H,10-13,15,17H2,1H3. The Labute approximate surface area is 192 Å². The smallest absolute Gasteiger partial charge is 0.238 e. The normalized spacial score (nSPS) is 17.1. The first-order chi connectivity index (χ1) is 16.1. The number of nitrogens with zero attached hydrogens (tertiary/aromatic N) is 5. The molecule has 1 N–H and O–H groups in total. The number of benzene rings is 2. The maximum absolute atomic E-state index is 12.8. The molecular formula is C26H26N6O. The molecule has 0 atom stereocenters. The van der Waals surface area contributed by atoms with Gasteiger partial charge in [-0.05, 0) is 36.9 Å². The molecule has 1 fully saturated rings. The van der Waals surface area contributed by atoms with Crippen LogP contribution in [0.4, 0.5) is 11.5 Å². The number of hydrogen-bond donors (Lipinski definition) is 1. The summed E-state index contributed by atoms with van der Waals surface area (Å²) < 4.78 is 0. The summed E-state index contributed by atoms with van der Waals surface area (Å²) in [7, 11) is 2.18. The predicted octanol–water partition coefficient (Wildman–Crippen LogP) is 3.59. The van der Waals surface area contributed by atoms with E-state index in [0.29, 0.717) is 5.82 Å². The summed E-state index contributed by atoms with van der Waals surface area (Å²) in [6.07, 6.45) is 3.96. The van der Waals surface area contributed by atoms with Gasteiger partial charge >= 0.3 is 0 Å². The van der Waals surface area contributed by atoms with Gasteiger partial charge in [0.25, 0.3) is 0 Å². The molecule has 7 heteroatoms. The number of rotatable bonds is 4. The molecule has 4 heterocycles. The summed E-state index contributed by atoms with van der Waals surface area (Å²) in [4.78, 5) is 32.1. The number of aromatic nitrogens is 3. The molecule has 2 aliphatic rings. The third-order valence-corrected chi connectivity index (χ3v) is 6.65. The predicted molar refractivity (Wildman–Crippen MR) is 129 cm³/mol. The van der Waals surface area contributed by atoms with Gasteiger partial charge in [0.15, 0.2) is 5.82 Å². The lowest BCUT2D eigenvalue weighted by Crippen LogP contribution is -2.43. The average Bonchev–Trinajstić information content (AvgIpc) is 3.43. The van der Waals surface area contributed by atoms with Gasteiger partial charge in [0.2, 0.25) is 5.91 Å². The van der Waals surface area contributed by atoms with Crippen LogP contribution < -0.4 is 4.90 Å². The molecule has 166 valence electrons. The van der Waals surface area contributed by atoms with E-state index in [1.54, 1.807) is 11.1 Å². The van der Waals surface area contributed by atoms with Crippen molar-refractivity contribution < 1.29 is 4.79 Å². The maximum Gasteiger partial charge on any atom is 0.238 e. The molecule has 1 amide bonds. The summed E-state index contributed by atoms with van der Waals surface area (Å²) >= 11 is 0. The number of anilines is 2. The maximum atomic E-state index is 12.8. The van der Waals surface area contributed by atoms with Crippen LogP contribution in [0.2, 0.25) is 0 Å². The highest BCUT2D eigenvalue weighted by Crippen LogP contribution is 2.35. The molecule has 0 unspecified atom stereocenters. The van der Waals surface area contributed by atoms with Gasteiger partial charge in [-0.15, -0.1) is 0 Å². The molecule has 4 aromatic rings. The lowest BCUT2D eigenvalue weighted by Gasteiger charge is -2.32. The van der Waals surface area contributed by atoms with E-state index < -0.39 is 0 Å². The van der Waals surface area contributed by atoms with Crippen molar-refractivity contribution in [3.63, 3.8) is 0 Å². The van der Waals surface area contributed by atoms with Crippen LogP contribution >= 0.6 is 0 Å². The number of likely N-dealkylation sites (N-methyl/N-ethyl adjacent to an activating group) is 1. The second-order valence-corrected chi connectivity index (χ2v) is 8.96. The van der Waals surface area contributed by atoms with Crippen molar-refractivity contribution in [3.8, 4) is 11.3 Å². The van der Waals surface area contributed by atoms with Gasteiger partial charge in [-0.25, -0.2) is 4.98 Å². The number of piperazine rings is 1. The average molecular weight is 439 g/mol. The van der Waals surface area contributed by atoms with Crippen LogP contribution in [0.15, 0.2) is 60.9 Å². The Balaban J connectivity index is 1.26. The number of hydrogen-bond acceptors (Lipinski definition) is 5. The molecule has 2 aliphatic heterocycles. The fourth-order valence-corrected chi connectivity index (χ4v) is 4.68. The Hall–Kier alpha value is -3.55. The Kier molecular flexibility index (Phi) is 4.93. The minimum atomic E-state index is -0.000407. The molecule has 2 aromatic carbocycles. The second-order valence-electron chi connectivity index (χ2n) is 8.96. The van der Waals surface area contributed by atoms with Gasteiger partial charge in [0.05, 0.1) is 29.7 Å². The van der Waals surface area contributed by atoms with Crippen LogP contribution in [-0.4, -0.2) is 63.9 Å². The molecule has 33 heavy (non-hydrogen) atoms. The monoisotopic (exact) mass is 438 g/mol. The molecule has 2 aromatic heterocycles. The zero-order valence-corrected chi connectivity index (χ0v) is 18.7. The number of amides is 1. The Bertz CT molecular complexity index is 1320. The second kappa shape index (κ2) is 8.10. The molecule has 0 saturated carbocycles. The number of fused-ring (bicyclic) bond motifs is 2. The zero-order valence-electron chi connectivity index (χ0n) is 18.7. The number of H-pyrrole nitrogens is 1. The lowest BCUT2D eigenvalue weighted by molar-refractivity contribution is -0.116. The third kappa shape index (κ3) is 3.79. The summed E-state index contributed by atoms with van der Waals surface area (Å²) in [5.74, 6) is 0.633. The van der Waals surface area contributed by atoms with Crippen LogP contribution in [0.25, 0.3) is 22.2 Å². The van der Waals surface area contributed by atoms with E-state index in [1.165, 1.54) is 5.56 Å². The molecule has 0 radical (unpaired) electrons. The first kappa shape index (κ1) is 20.1. The zero-order chi connectivity index (χ0) is 22.4. The van der Waals surface area contributed by atoms with E-state index in [-0.39, 0.29) is 12.3 Å². The van der Waals surface area contributed by atoms with Crippen molar-refractivity contribution >= 4 is 28.3 Å². The van der Waals surface area contributed by atoms with Crippen molar-refractivity contribution in [1.82, 2.24) is 24.8 Å². The van der Waals surface area contributed by atoms with E-state index in [2.05, 4.69) is 51.1 Å². The summed E-state index contributed by atoms with van der Waals surface area (Å²) in [6, 6.07) is 16.5. The highest BCUT2D eigenvalue weighted by Gasteiger charge is 2.32. The molecule has 0 spiro atoms. The largest absolute Gasteiger partial charge is 0.361 e. The minimum Gasteiger partial charge on any atom is -0.361 e. The van der Waals surface area contributed by atoms with Crippen LogP contribution in [0, 0.1) is 0 Å². The van der Waals surface area contributed by atoms with Crippen molar-refractivity contribution in [3.05, 3.63) is 72.2 Å². The molecule has 1 saturated heterocycles. The Morgan fingerprint density at radius 2 is 1.82 bits per heavy atom. The molecule has 7 nitrogen and oxygen atoms in total. The van der Waals surface area contributed by atoms with Gasteiger partial charge < -0.3 is 9.88 Å². The summed E-state index contributed by atoms with van der Waals surface area (Å²) in [5, 5.41) is 1.06. The van der Waals surface area contributed by atoms with Crippen LogP contribution in [0.5, 0.6) is 0 Å². The summed E-state index contributed by atoms with van der Waals surface area (Å²) in [6.45, 7) is 5.41. The van der Waals surface area contributed by atoms with E-state index in [1.807, 2.05) is 30.5 Å². The van der Waals surface area contributed by atoms with E-state index >= 15 is 0 Å². The van der Waals surface area contributed by atoms with E-state index in [4.69, 9.17) is 4.98 Å². The van der Waals surface area contributed by atoms with Crippen molar-refractivity contribution in [2.24, 2.45) is 0 Å². The van der Waals surface area contributed by atoms with Crippen LogP contribution in [-0.2, 0) is 17.8 Å². The number of aromatic amines is 1. The van der Waals surface area contributed by atoms with Crippen molar-refractivity contribution in [2.45, 2.75) is 13.0 Å². The van der Waals surface area contributed by atoms with Gasteiger partial charge in [-0.2, -0.15) is 0 Å². The molecule has 6 rings (SSSR count). The van der Waals surface area contributed by atoms with Crippen molar-refractivity contribution in [1.29, 1.82) is 0 Å². The van der Waals surface area contributed by atoms with Crippen molar-refractivity contribution in [2.75, 3.05) is 38.1 Å². The highest BCUT2D eigenvalue weighted by atomic mass is 16.2. The van der Waals surface area contributed by atoms with Crippen LogP contribution in [0.3, 0.4) is 0 Å². The van der Waals surface area contributed by atoms with Gasteiger partial charge in [0.1, 0.15) is 0 Å². The highest BCUT2D eigenvalue weighted by molar-refractivity contribution is 6.07. The van der Waals surface area contributed by atoms with E-state index in [0.717, 1.165) is 66.3 Å². The fourth-order valence-electron chi connectivity index (χ4n) is 4.68. The number of carbonyl (C=O) groups excluding carboxylic acids is 1. The van der Waals surface area contributed by atoms with Gasteiger partial charge in [-0.1, -0.05) is 24.3 Å². The molecule has 0 bridgehead atoms. The third-order valence-electron chi connectivity index (χ3n) is 6.65. The topological polar surface area (TPSA) is 68.4 Å². The minimum absolute atomic E-state index is 0.000407. The molecular weight excluding hydrogens is 412 g/mol. The molecule has 0 aliphatic carbocycles. The van der Waals surface area contributed by atoms with E-state index in [9.17, 15) is 4.79 Å². The quantitative estimate of drug-likeness (QED) is 0.527. The SMILES string of the molecule is CN1CCN(Cc2ccc(-c3cnc4c(n3)N(c3ccc5[nH]ccc5c3)C(=O)C4)cc2)CC1. The fraction of sp³-hybridized carbons (Fsp3) is 0.269. The number of carbonyl (C=O) groups is 1. The number of nitrogens with one attached hydrogen (secondary N) is 1. The first-order valence-corrected chi connectivity index (χ1v) is 11.4. The summed E-state index contributed by atoms with van der Waals surface area (Å²) in [5.41, 5.74) is 5.68. The Morgan fingerprint density at radius 1 is 1.00 bits per heavy atom. The Morgan fingerprint density at radius 3 is 2.64 bits per heavy atom. The van der Waals surface area contributed by atoms with Gasteiger partial charge in [0, 0.05) is 55.4 Å².